The highest BCUT2D eigenvalue weighted by atomic mass is 16.6. The molecule has 5 rings (SSSR count). The first-order chi connectivity index (χ1) is 21.3. The van der Waals surface area contributed by atoms with Gasteiger partial charge < -0.3 is 29.0 Å². The van der Waals surface area contributed by atoms with Crippen molar-refractivity contribution in [2.75, 3.05) is 6.61 Å². The highest BCUT2D eigenvalue weighted by Crippen LogP contribution is 2.44. The molecule has 12 heteroatoms. The number of hydrogen-bond donors (Lipinski definition) is 2. The Labute approximate surface area is 250 Å². The van der Waals surface area contributed by atoms with E-state index in [0.717, 1.165) is 10.9 Å². The second-order valence-electron chi connectivity index (χ2n) is 9.79. The number of carboxylic acid groups (broad SMARTS) is 1. The third-order valence-electron chi connectivity index (χ3n) is 7.08. The molecule has 0 spiro atoms. The van der Waals surface area contributed by atoms with Crippen molar-refractivity contribution in [1.82, 2.24) is 9.55 Å². The van der Waals surface area contributed by atoms with Crippen molar-refractivity contribution in [3.8, 4) is 6.07 Å². The van der Waals surface area contributed by atoms with Crippen LogP contribution in [0.4, 0.5) is 0 Å². The largest absolute Gasteiger partial charge is 0.476 e. The molecule has 1 aliphatic heterocycles. The van der Waals surface area contributed by atoms with Crippen LogP contribution in [0.25, 0.3) is 0 Å². The number of aromatic nitrogens is 2. The number of carboxylic acids is 1. The zero-order valence-corrected chi connectivity index (χ0v) is 23.0. The quantitative estimate of drug-likeness (QED) is 0.203. The Balaban J connectivity index is 1.62. The number of ketones is 1. The predicted octanol–water partition coefficient (Wildman–Crippen LogP) is 3.24. The molecule has 3 aromatic carbocycles. The third kappa shape index (κ3) is 5.69. The summed E-state index contributed by atoms with van der Waals surface area (Å²) in [6, 6.07) is 25.3. The lowest BCUT2D eigenvalue weighted by Gasteiger charge is -2.33. The number of nitriles is 1. The molecule has 1 fully saturated rings. The number of carbonyl (C=O) groups is 4. The van der Waals surface area contributed by atoms with Gasteiger partial charge in [-0.3, -0.25) is 4.79 Å². The second-order valence-corrected chi connectivity index (χ2v) is 9.79. The first-order valence-corrected chi connectivity index (χ1v) is 13.4. The summed E-state index contributed by atoms with van der Waals surface area (Å²) in [6.07, 6.45) is -4.42. The van der Waals surface area contributed by atoms with E-state index in [2.05, 4.69) is 4.98 Å². The highest BCUT2D eigenvalue weighted by molar-refractivity contribution is 6.04. The Morgan fingerprint density at radius 2 is 1.43 bits per heavy atom. The standard InChI is InChI=1S/C32H25N3O9/c33-17-16-23-25(28(37)38)34-19-35(23)31-32(41,26(36)20-10-4-1-5-11-20)27(44-30(40)22-14-8-3-9-15-22)24(43-31)18-42-29(39)21-12-6-2-7-13-21/h1-15,19,24,27,31,41H,16,18H2,(H,37,38)/t24-,27-,31?,32-/m0/s1. The molecule has 2 N–H and O–H groups in total. The number of Topliss-reactive ketones (excluding diaryl/α,β-unsaturated/α-hetero) is 1. The second kappa shape index (κ2) is 12.7. The number of ether oxygens (including phenoxy) is 3. The molecule has 4 atom stereocenters. The minimum absolute atomic E-state index is 0.0201. The molecule has 1 aliphatic rings. The number of aromatic carboxylic acids is 1. The summed E-state index contributed by atoms with van der Waals surface area (Å²) in [7, 11) is 0. The summed E-state index contributed by atoms with van der Waals surface area (Å²) in [5.41, 5.74) is -3.04. The minimum Gasteiger partial charge on any atom is -0.476 e. The molecule has 0 aliphatic carbocycles. The van der Waals surface area contributed by atoms with E-state index in [-0.39, 0.29) is 22.4 Å². The van der Waals surface area contributed by atoms with Crippen molar-refractivity contribution in [3.05, 3.63) is 125 Å². The van der Waals surface area contributed by atoms with Gasteiger partial charge in [-0.15, -0.1) is 0 Å². The third-order valence-corrected chi connectivity index (χ3v) is 7.08. The van der Waals surface area contributed by atoms with E-state index in [1.165, 1.54) is 36.4 Å². The summed E-state index contributed by atoms with van der Waals surface area (Å²) in [5, 5.41) is 31.5. The molecule has 1 saturated heterocycles. The van der Waals surface area contributed by atoms with Crippen molar-refractivity contribution in [3.63, 3.8) is 0 Å². The van der Waals surface area contributed by atoms with Crippen LogP contribution in [0.1, 0.15) is 53.5 Å². The SMILES string of the molecule is N#CCc1c(C(=O)O)ncn1C1O[C@@H](COC(=O)c2ccccc2)[C@H](OC(=O)c2ccccc2)[C@@]1(O)C(=O)c1ccccc1. The number of esters is 2. The number of hydrogen-bond acceptors (Lipinski definition) is 10. The Kier molecular flexibility index (Phi) is 8.61. The molecule has 222 valence electrons. The van der Waals surface area contributed by atoms with Gasteiger partial charge in [0.2, 0.25) is 11.4 Å². The average molecular weight is 596 g/mol. The Morgan fingerprint density at radius 1 is 0.886 bits per heavy atom. The van der Waals surface area contributed by atoms with E-state index < -0.39 is 66.4 Å². The van der Waals surface area contributed by atoms with Gasteiger partial charge in [0.05, 0.1) is 35.6 Å². The zero-order valence-electron chi connectivity index (χ0n) is 23.0. The van der Waals surface area contributed by atoms with E-state index in [4.69, 9.17) is 14.2 Å². The summed E-state index contributed by atoms with van der Waals surface area (Å²) < 4.78 is 18.4. The van der Waals surface area contributed by atoms with Crippen molar-refractivity contribution < 1.29 is 43.6 Å². The number of nitrogens with zero attached hydrogens (tertiary/aromatic N) is 3. The van der Waals surface area contributed by atoms with Crippen molar-refractivity contribution in [2.45, 2.75) is 30.5 Å². The number of benzene rings is 3. The van der Waals surface area contributed by atoms with Crippen molar-refractivity contribution in [2.24, 2.45) is 0 Å². The van der Waals surface area contributed by atoms with Gasteiger partial charge in [0, 0.05) is 5.56 Å². The normalized spacial score (nSPS) is 20.8. The van der Waals surface area contributed by atoms with Gasteiger partial charge in [-0.05, 0) is 24.3 Å². The maximum absolute atomic E-state index is 14.2. The lowest BCUT2D eigenvalue weighted by atomic mass is 9.85. The number of carbonyl (C=O) groups excluding carboxylic acids is 3. The summed E-state index contributed by atoms with van der Waals surface area (Å²) in [4.78, 5) is 56.0. The summed E-state index contributed by atoms with van der Waals surface area (Å²) in [6.45, 7) is -0.574. The van der Waals surface area contributed by atoms with Gasteiger partial charge in [0.25, 0.3) is 0 Å². The van der Waals surface area contributed by atoms with Gasteiger partial charge in [-0.2, -0.15) is 5.26 Å². The first kappa shape index (κ1) is 29.8. The number of imidazole rings is 1. The molecule has 12 nitrogen and oxygen atoms in total. The fourth-order valence-corrected chi connectivity index (χ4v) is 4.99. The Hall–Kier alpha value is -5.64. The van der Waals surface area contributed by atoms with E-state index in [0.29, 0.717) is 0 Å². The monoisotopic (exact) mass is 595 g/mol. The molecular weight excluding hydrogens is 570 g/mol. The van der Waals surface area contributed by atoms with Crippen LogP contribution in [0.2, 0.25) is 0 Å². The Morgan fingerprint density at radius 3 is 1.98 bits per heavy atom. The maximum Gasteiger partial charge on any atom is 0.356 e. The molecule has 0 amide bonds. The van der Waals surface area contributed by atoms with Crippen molar-refractivity contribution in [1.29, 1.82) is 5.26 Å². The fourth-order valence-electron chi connectivity index (χ4n) is 4.99. The number of aliphatic hydroxyl groups is 1. The van der Waals surface area contributed by atoms with Gasteiger partial charge in [0.1, 0.15) is 12.7 Å². The van der Waals surface area contributed by atoms with Crippen LogP contribution in [-0.2, 0) is 20.6 Å². The zero-order chi connectivity index (χ0) is 31.3. The first-order valence-electron chi connectivity index (χ1n) is 13.4. The molecular formula is C32H25N3O9. The van der Waals surface area contributed by atoms with Gasteiger partial charge in [-0.1, -0.05) is 66.7 Å². The lowest BCUT2D eigenvalue weighted by Crippen LogP contribution is -2.55. The van der Waals surface area contributed by atoms with E-state index in [1.807, 2.05) is 6.07 Å². The average Bonchev–Trinajstić information content (AvgIpc) is 3.59. The Bertz CT molecular complexity index is 1720. The maximum atomic E-state index is 14.2. The smallest absolute Gasteiger partial charge is 0.356 e. The van der Waals surface area contributed by atoms with Gasteiger partial charge in [0.15, 0.2) is 18.0 Å². The van der Waals surface area contributed by atoms with E-state index in [9.17, 15) is 34.7 Å². The van der Waals surface area contributed by atoms with Crippen LogP contribution in [0, 0.1) is 11.3 Å². The van der Waals surface area contributed by atoms with E-state index >= 15 is 0 Å². The van der Waals surface area contributed by atoms with Crippen LogP contribution in [0.3, 0.4) is 0 Å². The number of rotatable bonds is 10. The van der Waals surface area contributed by atoms with E-state index in [1.54, 1.807) is 54.6 Å². The minimum atomic E-state index is -2.71. The molecule has 1 unspecified atom stereocenters. The summed E-state index contributed by atoms with van der Waals surface area (Å²) >= 11 is 0. The predicted molar refractivity (Wildman–Crippen MR) is 151 cm³/mol. The molecule has 4 aromatic rings. The van der Waals surface area contributed by atoms with Crippen LogP contribution < -0.4 is 0 Å². The van der Waals surface area contributed by atoms with Crippen LogP contribution in [0.15, 0.2) is 97.3 Å². The summed E-state index contributed by atoms with van der Waals surface area (Å²) in [5.74, 6) is -4.04. The molecule has 2 heterocycles. The molecule has 0 bridgehead atoms. The molecule has 0 saturated carbocycles. The topological polar surface area (TPSA) is 178 Å². The molecule has 1 aromatic heterocycles. The van der Waals surface area contributed by atoms with Crippen LogP contribution in [0.5, 0.6) is 0 Å². The molecule has 0 radical (unpaired) electrons. The molecule has 44 heavy (non-hydrogen) atoms. The van der Waals surface area contributed by atoms with Crippen LogP contribution in [-0.4, -0.2) is 67.9 Å². The highest BCUT2D eigenvalue weighted by Gasteiger charge is 2.64. The van der Waals surface area contributed by atoms with Gasteiger partial charge in [-0.25, -0.2) is 19.4 Å². The lowest BCUT2D eigenvalue weighted by molar-refractivity contribution is -0.0869. The van der Waals surface area contributed by atoms with Gasteiger partial charge >= 0.3 is 17.9 Å². The van der Waals surface area contributed by atoms with Crippen molar-refractivity contribution >= 4 is 23.7 Å². The van der Waals surface area contributed by atoms with Crippen LogP contribution >= 0.6 is 0 Å². The fraction of sp³-hybridized carbons (Fsp3) is 0.188.